The van der Waals surface area contributed by atoms with Crippen molar-refractivity contribution in [2.24, 2.45) is 0 Å². The fourth-order valence-electron chi connectivity index (χ4n) is 3.31. The molecule has 30 heavy (non-hydrogen) atoms. The molecule has 0 saturated heterocycles. The van der Waals surface area contributed by atoms with E-state index in [9.17, 15) is 4.79 Å². The van der Waals surface area contributed by atoms with Gasteiger partial charge in [-0.3, -0.25) is 4.79 Å². The molecule has 0 aliphatic carbocycles. The van der Waals surface area contributed by atoms with Gasteiger partial charge >= 0.3 is 0 Å². The van der Waals surface area contributed by atoms with Gasteiger partial charge < -0.3 is 18.6 Å². The Hall–Kier alpha value is -3.73. The number of fused-ring (bicyclic) bond motifs is 1. The average Bonchev–Trinajstić information content (AvgIpc) is 2.78. The van der Waals surface area contributed by atoms with Crippen LogP contribution in [0.2, 0.25) is 0 Å². The summed E-state index contributed by atoms with van der Waals surface area (Å²) >= 11 is 0. The normalized spacial score (nSPS) is 10.8. The fourth-order valence-corrected chi connectivity index (χ4v) is 3.31. The number of rotatable bonds is 6. The lowest BCUT2D eigenvalue weighted by Gasteiger charge is -2.14. The van der Waals surface area contributed by atoms with Gasteiger partial charge in [-0.05, 0) is 48.4 Å². The molecule has 0 unspecified atom stereocenters. The van der Waals surface area contributed by atoms with Crippen molar-refractivity contribution in [1.82, 2.24) is 0 Å². The molecule has 3 aromatic carbocycles. The third kappa shape index (κ3) is 3.74. The fraction of sp³-hybridized carbons (Fsp3) is 0.160. The third-order valence-electron chi connectivity index (χ3n) is 4.88. The van der Waals surface area contributed by atoms with Crippen LogP contribution in [0, 0.1) is 6.92 Å². The minimum atomic E-state index is -0.211. The van der Waals surface area contributed by atoms with Crippen molar-refractivity contribution in [3.8, 4) is 28.6 Å². The quantitative estimate of drug-likeness (QED) is 0.434. The minimum absolute atomic E-state index is 0.169. The van der Waals surface area contributed by atoms with Gasteiger partial charge in [-0.25, -0.2) is 0 Å². The van der Waals surface area contributed by atoms with Gasteiger partial charge in [0.2, 0.25) is 11.2 Å². The molecular weight excluding hydrogens is 380 g/mol. The molecule has 1 heterocycles. The summed E-state index contributed by atoms with van der Waals surface area (Å²) in [6, 6.07) is 20.6. The Kier molecular flexibility index (Phi) is 5.44. The lowest BCUT2D eigenvalue weighted by Crippen LogP contribution is -2.10. The summed E-state index contributed by atoms with van der Waals surface area (Å²) < 4.78 is 22.9. The number of ether oxygens (including phenoxy) is 3. The summed E-state index contributed by atoms with van der Waals surface area (Å²) in [6.45, 7) is 2.21. The Labute approximate surface area is 174 Å². The van der Waals surface area contributed by atoms with Crippen LogP contribution >= 0.6 is 0 Å². The van der Waals surface area contributed by atoms with Crippen LogP contribution in [0.15, 0.2) is 75.9 Å². The lowest BCUT2D eigenvalue weighted by molar-refractivity contribution is 0.298. The molecule has 4 rings (SSSR count). The van der Waals surface area contributed by atoms with Crippen LogP contribution in [0.25, 0.3) is 22.3 Å². The molecule has 5 nitrogen and oxygen atoms in total. The van der Waals surface area contributed by atoms with Gasteiger partial charge in [0, 0.05) is 5.56 Å². The molecule has 5 heteroatoms. The van der Waals surface area contributed by atoms with Gasteiger partial charge in [0.05, 0.1) is 19.6 Å². The van der Waals surface area contributed by atoms with E-state index in [0.717, 1.165) is 11.1 Å². The predicted octanol–water partition coefficient (Wildman–Crippen LogP) is 5.36. The molecular formula is C25H22O5. The van der Waals surface area contributed by atoms with Gasteiger partial charge in [-0.2, -0.15) is 0 Å². The SMILES string of the molecule is COc1ccc(-c2oc3cc(C)ccc3c(=O)c2OCc2ccccc2)cc1OC. The topological polar surface area (TPSA) is 57.9 Å². The maximum Gasteiger partial charge on any atom is 0.235 e. The zero-order chi connectivity index (χ0) is 21.1. The van der Waals surface area contributed by atoms with Crippen molar-refractivity contribution in [3.63, 3.8) is 0 Å². The Morgan fingerprint density at radius 3 is 2.37 bits per heavy atom. The van der Waals surface area contributed by atoms with Crippen LogP contribution in [-0.2, 0) is 6.61 Å². The van der Waals surface area contributed by atoms with E-state index < -0.39 is 0 Å². The standard InChI is InChI=1S/C25H22O5/c1-16-9-11-19-21(13-16)30-24(18-10-12-20(27-2)22(14-18)28-3)25(23(19)26)29-15-17-7-5-4-6-8-17/h4-14H,15H2,1-3H3. The Morgan fingerprint density at radius 2 is 1.63 bits per heavy atom. The summed E-state index contributed by atoms with van der Waals surface area (Å²) in [6.07, 6.45) is 0. The van der Waals surface area contributed by atoms with Gasteiger partial charge in [0.1, 0.15) is 12.2 Å². The molecule has 0 N–H and O–H groups in total. The smallest absolute Gasteiger partial charge is 0.235 e. The van der Waals surface area contributed by atoms with Gasteiger partial charge in [0.15, 0.2) is 17.3 Å². The lowest BCUT2D eigenvalue weighted by atomic mass is 10.1. The summed E-state index contributed by atoms with van der Waals surface area (Å²) in [5.41, 5.74) is 2.92. The molecule has 0 bridgehead atoms. The number of aryl methyl sites for hydroxylation is 1. The van der Waals surface area contributed by atoms with E-state index in [-0.39, 0.29) is 17.8 Å². The molecule has 0 aliphatic heterocycles. The van der Waals surface area contributed by atoms with Gasteiger partial charge in [-0.1, -0.05) is 36.4 Å². The second-order valence-corrected chi connectivity index (χ2v) is 6.93. The van der Waals surface area contributed by atoms with Crippen LogP contribution in [0.1, 0.15) is 11.1 Å². The van der Waals surface area contributed by atoms with Crippen molar-refractivity contribution >= 4 is 11.0 Å². The molecule has 152 valence electrons. The first-order valence-electron chi connectivity index (χ1n) is 9.57. The molecule has 1 aromatic heterocycles. The minimum Gasteiger partial charge on any atom is -0.493 e. The van der Waals surface area contributed by atoms with Crippen LogP contribution < -0.4 is 19.6 Å². The monoisotopic (exact) mass is 402 g/mol. The number of hydrogen-bond acceptors (Lipinski definition) is 5. The van der Waals surface area contributed by atoms with E-state index in [1.165, 1.54) is 0 Å². The summed E-state index contributed by atoms with van der Waals surface area (Å²) in [5.74, 6) is 1.65. The highest BCUT2D eigenvalue weighted by molar-refractivity contribution is 5.83. The highest BCUT2D eigenvalue weighted by Crippen LogP contribution is 2.37. The van der Waals surface area contributed by atoms with E-state index in [0.29, 0.717) is 33.8 Å². The summed E-state index contributed by atoms with van der Waals surface area (Å²) in [4.78, 5) is 13.3. The predicted molar refractivity (Wildman–Crippen MR) is 117 cm³/mol. The maximum absolute atomic E-state index is 13.3. The molecule has 0 aliphatic rings. The van der Waals surface area contributed by atoms with Crippen LogP contribution in [-0.4, -0.2) is 14.2 Å². The van der Waals surface area contributed by atoms with Crippen molar-refractivity contribution in [2.75, 3.05) is 14.2 Å². The van der Waals surface area contributed by atoms with Crippen molar-refractivity contribution in [1.29, 1.82) is 0 Å². The van der Waals surface area contributed by atoms with Crippen molar-refractivity contribution in [2.45, 2.75) is 13.5 Å². The highest BCUT2D eigenvalue weighted by atomic mass is 16.5. The Balaban J connectivity index is 1.88. The largest absolute Gasteiger partial charge is 0.493 e. The Bertz CT molecular complexity index is 1240. The first-order chi connectivity index (χ1) is 14.6. The molecule has 0 spiro atoms. The van der Waals surface area contributed by atoms with E-state index in [4.69, 9.17) is 18.6 Å². The second-order valence-electron chi connectivity index (χ2n) is 6.93. The van der Waals surface area contributed by atoms with Gasteiger partial charge in [0.25, 0.3) is 0 Å². The first-order valence-corrected chi connectivity index (χ1v) is 9.57. The van der Waals surface area contributed by atoms with Crippen molar-refractivity contribution < 1.29 is 18.6 Å². The van der Waals surface area contributed by atoms with E-state index in [2.05, 4.69) is 0 Å². The molecule has 0 atom stereocenters. The van der Waals surface area contributed by atoms with Crippen LogP contribution in [0.5, 0.6) is 17.2 Å². The first kappa shape index (κ1) is 19.6. The number of benzene rings is 3. The van der Waals surface area contributed by atoms with Gasteiger partial charge in [-0.15, -0.1) is 0 Å². The molecule has 0 fully saturated rings. The van der Waals surface area contributed by atoms with E-state index in [1.807, 2.05) is 55.5 Å². The average molecular weight is 402 g/mol. The van der Waals surface area contributed by atoms with Crippen LogP contribution in [0.3, 0.4) is 0 Å². The molecule has 4 aromatic rings. The van der Waals surface area contributed by atoms with Crippen LogP contribution in [0.4, 0.5) is 0 Å². The third-order valence-corrected chi connectivity index (χ3v) is 4.88. The second kappa shape index (κ2) is 8.33. The summed E-state index contributed by atoms with van der Waals surface area (Å²) in [7, 11) is 3.14. The molecule has 0 amide bonds. The number of hydrogen-bond donors (Lipinski definition) is 0. The maximum atomic E-state index is 13.3. The van der Waals surface area contributed by atoms with Crippen molar-refractivity contribution in [3.05, 3.63) is 88.1 Å². The highest BCUT2D eigenvalue weighted by Gasteiger charge is 2.19. The van der Waals surface area contributed by atoms with E-state index >= 15 is 0 Å². The van der Waals surface area contributed by atoms with E-state index in [1.54, 1.807) is 32.4 Å². The summed E-state index contributed by atoms with van der Waals surface area (Å²) in [5, 5.41) is 0.480. The number of methoxy groups -OCH3 is 2. The molecule has 0 saturated carbocycles. The Morgan fingerprint density at radius 1 is 0.867 bits per heavy atom. The zero-order valence-corrected chi connectivity index (χ0v) is 17.1. The zero-order valence-electron chi connectivity index (χ0n) is 17.1. The molecule has 0 radical (unpaired) electrons.